The molecular formula is C9H7BrClF2NO2. The number of halogens is 4. The summed E-state index contributed by atoms with van der Waals surface area (Å²) in [6, 6.07) is 0. The SMILES string of the molecule is CCOC(=O)c1c(Br)cnc(Cl)c1C(F)F. The van der Waals surface area contributed by atoms with Gasteiger partial charge in [-0.05, 0) is 22.9 Å². The fourth-order valence-electron chi connectivity index (χ4n) is 1.09. The standard InChI is InChI=1S/C9H7BrClF2NO2/c1-2-16-9(15)5-4(10)3-14-7(11)6(5)8(12)13/h3,8H,2H2,1H3. The average Bonchev–Trinajstić information content (AvgIpc) is 2.20. The van der Waals surface area contributed by atoms with Gasteiger partial charge in [-0.2, -0.15) is 0 Å². The third kappa shape index (κ3) is 2.68. The Kier molecular flexibility index (Phi) is 4.61. The first-order valence-electron chi connectivity index (χ1n) is 4.28. The molecule has 1 aromatic heterocycles. The van der Waals surface area contributed by atoms with Gasteiger partial charge in [-0.1, -0.05) is 11.6 Å². The maximum Gasteiger partial charge on any atom is 0.339 e. The van der Waals surface area contributed by atoms with E-state index in [-0.39, 0.29) is 16.6 Å². The first-order valence-corrected chi connectivity index (χ1v) is 5.45. The second-order valence-corrected chi connectivity index (χ2v) is 3.92. The Morgan fingerprint density at radius 2 is 2.31 bits per heavy atom. The first-order chi connectivity index (χ1) is 7.49. The molecule has 1 heterocycles. The topological polar surface area (TPSA) is 39.2 Å². The summed E-state index contributed by atoms with van der Waals surface area (Å²) in [5, 5.41) is -0.402. The van der Waals surface area contributed by atoms with Gasteiger partial charge in [0.05, 0.1) is 22.2 Å². The van der Waals surface area contributed by atoms with E-state index in [0.717, 1.165) is 0 Å². The summed E-state index contributed by atoms with van der Waals surface area (Å²) in [5.74, 6) is -0.853. The van der Waals surface area contributed by atoms with Crippen molar-refractivity contribution in [2.75, 3.05) is 6.61 Å². The molecule has 1 aromatic rings. The van der Waals surface area contributed by atoms with Gasteiger partial charge in [0.15, 0.2) is 0 Å². The largest absolute Gasteiger partial charge is 0.462 e. The lowest BCUT2D eigenvalue weighted by Gasteiger charge is -2.10. The highest BCUT2D eigenvalue weighted by molar-refractivity contribution is 9.10. The predicted molar refractivity (Wildman–Crippen MR) is 57.9 cm³/mol. The van der Waals surface area contributed by atoms with E-state index < -0.39 is 23.1 Å². The van der Waals surface area contributed by atoms with Crippen LogP contribution in [0, 0.1) is 0 Å². The number of aromatic nitrogens is 1. The molecule has 7 heteroatoms. The van der Waals surface area contributed by atoms with Gasteiger partial charge < -0.3 is 4.74 Å². The number of hydrogen-bond acceptors (Lipinski definition) is 3. The zero-order chi connectivity index (χ0) is 12.3. The molecule has 0 atom stereocenters. The van der Waals surface area contributed by atoms with Gasteiger partial charge in [-0.3, -0.25) is 0 Å². The van der Waals surface area contributed by atoms with Crippen molar-refractivity contribution in [1.82, 2.24) is 4.98 Å². The molecule has 16 heavy (non-hydrogen) atoms. The number of esters is 1. The summed E-state index contributed by atoms with van der Waals surface area (Å²) < 4.78 is 30.2. The molecule has 0 fully saturated rings. The van der Waals surface area contributed by atoms with Crippen LogP contribution in [-0.2, 0) is 4.74 Å². The fraction of sp³-hybridized carbons (Fsp3) is 0.333. The number of ether oxygens (including phenoxy) is 1. The third-order valence-corrected chi connectivity index (χ3v) is 2.62. The summed E-state index contributed by atoms with van der Waals surface area (Å²) >= 11 is 8.49. The van der Waals surface area contributed by atoms with Crippen molar-refractivity contribution in [2.45, 2.75) is 13.3 Å². The first kappa shape index (κ1) is 13.3. The lowest BCUT2D eigenvalue weighted by molar-refractivity contribution is 0.0514. The molecule has 0 unspecified atom stereocenters. The van der Waals surface area contributed by atoms with E-state index in [2.05, 4.69) is 25.7 Å². The normalized spacial score (nSPS) is 10.6. The molecule has 0 spiro atoms. The van der Waals surface area contributed by atoms with Gasteiger partial charge in [0.2, 0.25) is 0 Å². The Labute approximate surface area is 104 Å². The lowest BCUT2D eigenvalue weighted by atomic mass is 10.1. The van der Waals surface area contributed by atoms with Crippen LogP contribution in [0.5, 0.6) is 0 Å². The summed E-state index contributed by atoms with van der Waals surface area (Å²) in [4.78, 5) is 15.0. The molecule has 0 N–H and O–H groups in total. The molecule has 1 rings (SSSR count). The van der Waals surface area contributed by atoms with E-state index in [9.17, 15) is 13.6 Å². The fourth-order valence-corrected chi connectivity index (χ4v) is 1.79. The van der Waals surface area contributed by atoms with Crippen LogP contribution >= 0.6 is 27.5 Å². The van der Waals surface area contributed by atoms with Crippen molar-refractivity contribution in [3.8, 4) is 0 Å². The third-order valence-electron chi connectivity index (χ3n) is 1.72. The van der Waals surface area contributed by atoms with E-state index in [4.69, 9.17) is 11.6 Å². The molecule has 0 aliphatic heterocycles. The molecule has 0 radical (unpaired) electrons. The Morgan fingerprint density at radius 3 is 2.81 bits per heavy atom. The van der Waals surface area contributed by atoms with Crippen LogP contribution in [0.4, 0.5) is 8.78 Å². The smallest absolute Gasteiger partial charge is 0.339 e. The lowest BCUT2D eigenvalue weighted by Crippen LogP contribution is -2.11. The van der Waals surface area contributed by atoms with Gasteiger partial charge >= 0.3 is 5.97 Å². The second kappa shape index (κ2) is 5.54. The zero-order valence-corrected chi connectivity index (χ0v) is 10.5. The molecule has 0 saturated heterocycles. The Hall–Kier alpha value is -0.750. The maximum atomic E-state index is 12.7. The number of rotatable bonds is 3. The number of hydrogen-bond donors (Lipinski definition) is 0. The highest BCUT2D eigenvalue weighted by Crippen LogP contribution is 2.33. The van der Waals surface area contributed by atoms with Crippen molar-refractivity contribution >= 4 is 33.5 Å². The van der Waals surface area contributed by atoms with Crippen LogP contribution in [0.3, 0.4) is 0 Å². The molecule has 88 valence electrons. The number of carbonyl (C=O) groups is 1. The minimum Gasteiger partial charge on any atom is -0.462 e. The van der Waals surface area contributed by atoms with E-state index in [0.29, 0.717) is 0 Å². The van der Waals surface area contributed by atoms with Gasteiger partial charge in [0.25, 0.3) is 6.43 Å². The number of pyridine rings is 1. The maximum absolute atomic E-state index is 12.7. The van der Waals surface area contributed by atoms with Crippen molar-refractivity contribution in [3.63, 3.8) is 0 Å². The Balaban J connectivity index is 3.34. The van der Waals surface area contributed by atoms with E-state index >= 15 is 0 Å². The summed E-state index contributed by atoms with van der Waals surface area (Å²) in [6.07, 6.45) is -1.71. The number of nitrogens with zero attached hydrogens (tertiary/aromatic N) is 1. The summed E-state index contributed by atoms with van der Waals surface area (Å²) in [7, 11) is 0. The van der Waals surface area contributed by atoms with Crippen LogP contribution in [0.1, 0.15) is 29.3 Å². The van der Waals surface area contributed by atoms with Crippen molar-refractivity contribution in [2.24, 2.45) is 0 Å². The molecule has 0 saturated carbocycles. The zero-order valence-electron chi connectivity index (χ0n) is 8.14. The van der Waals surface area contributed by atoms with Crippen LogP contribution in [-0.4, -0.2) is 17.6 Å². The van der Waals surface area contributed by atoms with Crippen molar-refractivity contribution < 1.29 is 18.3 Å². The van der Waals surface area contributed by atoms with Gasteiger partial charge in [0.1, 0.15) is 5.15 Å². The number of alkyl halides is 2. The summed E-state index contributed by atoms with van der Waals surface area (Å²) in [6.45, 7) is 1.67. The Morgan fingerprint density at radius 1 is 1.69 bits per heavy atom. The van der Waals surface area contributed by atoms with Crippen molar-refractivity contribution in [3.05, 3.63) is 26.9 Å². The molecular weight excluding hydrogens is 307 g/mol. The van der Waals surface area contributed by atoms with Crippen molar-refractivity contribution in [1.29, 1.82) is 0 Å². The monoisotopic (exact) mass is 313 g/mol. The van der Waals surface area contributed by atoms with E-state index in [1.807, 2.05) is 0 Å². The van der Waals surface area contributed by atoms with E-state index in [1.54, 1.807) is 6.92 Å². The predicted octanol–water partition coefficient (Wildman–Crippen LogP) is 3.61. The summed E-state index contributed by atoms with van der Waals surface area (Å²) in [5.41, 5.74) is -0.897. The molecule has 0 aromatic carbocycles. The molecule has 3 nitrogen and oxygen atoms in total. The van der Waals surface area contributed by atoms with E-state index in [1.165, 1.54) is 6.20 Å². The average molecular weight is 315 g/mol. The van der Waals surface area contributed by atoms with Crippen LogP contribution in [0.25, 0.3) is 0 Å². The Bertz CT molecular complexity index is 415. The van der Waals surface area contributed by atoms with Gasteiger partial charge in [-0.25, -0.2) is 18.6 Å². The molecule has 0 aliphatic rings. The second-order valence-electron chi connectivity index (χ2n) is 2.71. The highest BCUT2D eigenvalue weighted by atomic mass is 79.9. The minimum absolute atomic E-state index is 0.0912. The quantitative estimate of drug-likeness (QED) is 0.632. The van der Waals surface area contributed by atoms with Crippen LogP contribution in [0.2, 0.25) is 5.15 Å². The highest BCUT2D eigenvalue weighted by Gasteiger charge is 2.26. The molecule has 0 bridgehead atoms. The van der Waals surface area contributed by atoms with Gasteiger partial charge in [-0.15, -0.1) is 0 Å². The van der Waals surface area contributed by atoms with Crippen LogP contribution < -0.4 is 0 Å². The molecule has 0 amide bonds. The molecule has 0 aliphatic carbocycles. The number of carbonyl (C=O) groups excluding carboxylic acids is 1. The van der Waals surface area contributed by atoms with Gasteiger partial charge in [0, 0.05) is 6.20 Å². The van der Waals surface area contributed by atoms with Crippen LogP contribution in [0.15, 0.2) is 10.7 Å². The minimum atomic E-state index is -2.89.